The van der Waals surface area contributed by atoms with Gasteiger partial charge in [-0.2, -0.15) is 17.0 Å². The lowest BCUT2D eigenvalue weighted by Gasteiger charge is -2.22. The summed E-state index contributed by atoms with van der Waals surface area (Å²) in [5, 5.41) is 12.3. The van der Waals surface area contributed by atoms with Crippen molar-refractivity contribution in [2.45, 2.75) is 45.3 Å². The molecule has 0 rings (SSSR count). The number of rotatable bonds is 7. The van der Waals surface area contributed by atoms with E-state index in [0.717, 1.165) is 25.9 Å². The SMILES string of the molecule is CSC(C)(C)CNCCCC(C)(C)C#N. The number of nitrogens with zero attached hydrogens (tertiary/aromatic N) is 1. The van der Waals surface area contributed by atoms with Crippen LogP contribution in [-0.2, 0) is 0 Å². The van der Waals surface area contributed by atoms with Crippen LogP contribution in [0.1, 0.15) is 40.5 Å². The molecular weight excluding hydrogens is 204 g/mol. The van der Waals surface area contributed by atoms with E-state index < -0.39 is 0 Å². The van der Waals surface area contributed by atoms with Gasteiger partial charge in [0.15, 0.2) is 0 Å². The lowest BCUT2D eigenvalue weighted by Crippen LogP contribution is -2.32. The van der Waals surface area contributed by atoms with Gasteiger partial charge in [0.25, 0.3) is 0 Å². The zero-order valence-corrected chi connectivity index (χ0v) is 11.5. The molecular formula is C12H24N2S. The van der Waals surface area contributed by atoms with Crippen molar-refractivity contribution in [1.82, 2.24) is 5.32 Å². The normalized spacial score (nSPS) is 12.5. The van der Waals surface area contributed by atoms with E-state index in [-0.39, 0.29) is 5.41 Å². The summed E-state index contributed by atoms with van der Waals surface area (Å²) in [6.07, 6.45) is 4.18. The van der Waals surface area contributed by atoms with Crippen molar-refractivity contribution in [3.05, 3.63) is 0 Å². The Bertz CT molecular complexity index is 216. The Morgan fingerprint density at radius 1 is 1.27 bits per heavy atom. The minimum absolute atomic E-state index is 0.170. The van der Waals surface area contributed by atoms with E-state index in [1.165, 1.54) is 0 Å². The Kier molecular flexibility index (Phi) is 6.31. The fraction of sp³-hybridized carbons (Fsp3) is 0.917. The molecule has 0 fully saturated rings. The van der Waals surface area contributed by atoms with Gasteiger partial charge < -0.3 is 5.32 Å². The number of hydrogen-bond acceptors (Lipinski definition) is 3. The first-order valence-electron chi connectivity index (χ1n) is 5.50. The molecule has 0 saturated carbocycles. The van der Waals surface area contributed by atoms with Gasteiger partial charge in [0.2, 0.25) is 0 Å². The quantitative estimate of drug-likeness (QED) is 0.680. The highest BCUT2D eigenvalue weighted by Crippen LogP contribution is 2.21. The molecule has 2 nitrogen and oxygen atoms in total. The van der Waals surface area contributed by atoms with Crippen molar-refractivity contribution < 1.29 is 0 Å². The van der Waals surface area contributed by atoms with Crippen molar-refractivity contribution in [2.75, 3.05) is 19.3 Å². The molecule has 3 heteroatoms. The number of nitriles is 1. The standard InChI is InChI=1S/C12H24N2S/c1-11(2,9-13)7-6-8-14-10-12(3,4)15-5/h14H,6-8,10H2,1-5H3. The average Bonchev–Trinajstić information content (AvgIpc) is 2.17. The monoisotopic (exact) mass is 228 g/mol. The lowest BCUT2D eigenvalue weighted by molar-refractivity contribution is 0.423. The highest BCUT2D eigenvalue weighted by molar-refractivity contribution is 7.99. The van der Waals surface area contributed by atoms with Gasteiger partial charge in [0.05, 0.1) is 11.5 Å². The first-order chi connectivity index (χ1) is 6.83. The molecule has 0 amide bonds. The predicted octanol–water partition coefficient (Wildman–Crippen LogP) is 3.05. The molecule has 0 aliphatic rings. The largest absolute Gasteiger partial charge is 0.315 e. The number of thioether (sulfide) groups is 1. The Hall–Kier alpha value is -0.200. The van der Waals surface area contributed by atoms with Gasteiger partial charge >= 0.3 is 0 Å². The van der Waals surface area contributed by atoms with Crippen LogP contribution in [0.2, 0.25) is 0 Å². The molecule has 0 aliphatic carbocycles. The fourth-order valence-electron chi connectivity index (χ4n) is 1.17. The predicted molar refractivity (Wildman–Crippen MR) is 69.1 cm³/mol. The van der Waals surface area contributed by atoms with Crippen LogP contribution in [0.25, 0.3) is 0 Å². The van der Waals surface area contributed by atoms with Crippen molar-refractivity contribution >= 4 is 11.8 Å². The summed E-state index contributed by atoms with van der Waals surface area (Å²) in [5.74, 6) is 0. The summed E-state index contributed by atoms with van der Waals surface area (Å²) < 4.78 is 0.310. The molecule has 0 atom stereocenters. The molecule has 0 unspecified atom stereocenters. The first-order valence-corrected chi connectivity index (χ1v) is 6.72. The summed E-state index contributed by atoms with van der Waals surface area (Å²) in [5.41, 5.74) is -0.170. The second kappa shape index (κ2) is 6.40. The molecule has 0 aromatic rings. The third-order valence-corrected chi connectivity index (χ3v) is 3.81. The van der Waals surface area contributed by atoms with E-state index >= 15 is 0 Å². The molecule has 0 aliphatic heterocycles. The van der Waals surface area contributed by atoms with E-state index in [9.17, 15) is 0 Å². The van der Waals surface area contributed by atoms with Crippen molar-refractivity contribution in [3.63, 3.8) is 0 Å². The summed E-state index contributed by atoms with van der Waals surface area (Å²) in [6.45, 7) is 10.5. The second-order valence-corrected chi connectivity index (χ2v) is 6.75. The van der Waals surface area contributed by atoms with Gasteiger partial charge in [0.1, 0.15) is 0 Å². The summed E-state index contributed by atoms with van der Waals surface area (Å²) in [6, 6.07) is 2.33. The summed E-state index contributed by atoms with van der Waals surface area (Å²) >= 11 is 1.88. The van der Waals surface area contributed by atoms with Crippen LogP contribution in [0.4, 0.5) is 0 Å². The summed E-state index contributed by atoms with van der Waals surface area (Å²) in [7, 11) is 0. The zero-order chi connectivity index (χ0) is 11.9. The van der Waals surface area contributed by atoms with E-state index in [0.29, 0.717) is 4.75 Å². The van der Waals surface area contributed by atoms with Gasteiger partial charge in [-0.15, -0.1) is 0 Å². The molecule has 0 radical (unpaired) electrons. The van der Waals surface area contributed by atoms with Crippen LogP contribution < -0.4 is 5.32 Å². The Labute approximate surface area is 98.8 Å². The molecule has 0 aromatic carbocycles. The van der Waals surface area contributed by atoms with Crippen LogP contribution in [0.3, 0.4) is 0 Å². The Morgan fingerprint density at radius 2 is 1.87 bits per heavy atom. The Morgan fingerprint density at radius 3 is 2.33 bits per heavy atom. The smallest absolute Gasteiger partial charge is 0.0683 e. The number of hydrogen-bond donors (Lipinski definition) is 1. The highest BCUT2D eigenvalue weighted by Gasteiger charge is 2.17. The van der Waals surface area contributed by atoms with Crippen LogP contribution in [0, 0.1) is 16.7 Å². The molecule has 0 saturated heterocycles. The molecule has 0 heterocycles. The maximum Gasteiger partial charge on any atom is 0.0683 e. The topological polar surface area (TPSA) is 35.8 Å². The maximum atomic E-state index is 8.84. The van der Waals surface area contributed by atoms with Crippen molar-refractivity contribution in [3.8, 4) is 6.07 Å². The van der Waals surface area contributed by atoms with Crippen LogP contribution >= 0.6 is 11.8 Å². The lowest BCUT2D eigenvalue weighted by atomic mass is 9.90. The van der Waals surface area contributed by atoms with E-state index in [2.05, 4.69) is 31.5 Å². The van der Waals surface area contributed by atoms with E-state index in [1.807, 2.05) is 25.6 Å². The third-order valence-electron chi connectivity index (χ3n) is 2.56. The fourth-order valence-corrected chi connectivity index (χ4v) is 1.42. The van der Waals surface area contributed by atoms with Crippen molar-refractivity contribution in [2.24, 2.45) is 5.41 Å². The van der Waals surface area contributed by atoms with Crippen LogP contribution in [0.15, 0.2) is 0 Å². The minimum Gasteiger partial charge on any atom is -0.315 e. The average molecular weight is 228 g/mol. The van der Waals surface area contributed by atoms with Crippen LogP contribution in [-0.4, -0.2) is 24.1 Å². The second-order valence-electron chi connectivity index (χ2n) is 5.24. The number of nitrogens with one attached hydrogen (secondary N) is 1. The van der Waals surface area contributed by atoms with Crippen LogP contribution in [0.5, 0.6) is 0 Å². The van der Waals surface area contributed by atoms with Gasteiger partial charge in [-0.3, -0.25) is 0 Å². The summed E-state index contributed by atoms with van der Waals surface area (Å²) in [4.78, 5) is 0. The third kappa shape index (κ3) is 7.70. The first kappa shape index (κ1) is 14.8. The molecule has 0 bridgehead atoms. The van der Waals surface area contributed by atoms with Gasteiger partial charge in [-0.05, 0) is 53.3 Å². The Balaban J connectivity index is 3.54. The van der Waals surface area contributed by atoms with Gasteiger partial charge in [0, 0.05) is 11.3 Å². The zero-order valence-electron chi connectivity index (χ0n) is 10.7. The van der Waals surface area contributed by atoms with E-state index in [4.69, 9.17) is 5.26 Å². The highest BCUT2D eigenvalue weighted by atomic mass is 32.2. The van der Waals surface area contributed by atoms with Crippen molar-refractivity contribution in [1.29, 1.82) is 5.26 Å². The molecule has 0 spiro atoms. The van der Waals surface area contributed by atoms with E-state index in [1.54, 1.807) is 0 Å². The molecule has 88 valence electrons. The minimum atomic E-state index is -0.170. The maximum absolute atomic E-state index is 8.84. The van der Waals surface area contributed by atoms with Gasteiger partial charge in [-0.1, -0.05) is 0 Å². The molecule has 1 N–H and O–H groups in total. The molecule has 0 aromatic heterocycles. The van der Waals surface area contributed by atoms with Gasteiger partial charge in [-0.25, -0.2) is 0 Å². The molecule has 15 heavy (non-hydrogen) atoms.